The lowest BCUT2D eigenvalue weighted by Gasteiger charge is -2.07. The van der Waals surface area contributed by atoms with Crippen LogP contribution in [0.15, 0.2) is 24.3 Å². The van der Waals surface area contributed by atoms with Gasteiger partial charge in [0.25, 0.3) is 0 Å². The normalized spacial score (nSPS) is 10.3. The third-order valence-corrected chi connectivity index (χ3v) is 3.27. The van der Waals surface area contributed by atoms with Gasteiger partial charge < -0.3 is 16.2 Å². The molecule has 5 nitrogen and oxygen atoms in total. The summed E-state index contributed by atoms with van der Waals surface area (Å²) in [6.07, 6.45) is 7.48. The van der Waals surface area contributed by atoms with Gasteiger partial charge in [0.2, 0.25) is 0 Å². The van der Waals surface area contributed by atoms with E-state index in [1.54, 1.807) is 12.1 Å². The highest BCUT2D eigenvalue weighted by molar-refractivity contribution is 5.94. The van der Waals surface area contributed by atoms with Crippen molar-refractivity contribution in [2.75, 3.05) is 6.61 Å². The van der Waals surface area contributed by atoms with Crippen LogP contribution in [0.1, 0.15) is 50.5 Å². The molecule has 0 amide bonds. The van der Waals surface area contributed by atoms with E-state index >= 15 is 0 Å². The van der Waals surface area contributed by atoms with Crippen molar-refractivity contribution in [1.82, 2.24) is 0 Å². The number of rotatable bonds is 11. The highest BCUT2D eigenvalue weighted by Crippen LogP contribution is 2.13. The number of hydrogen-bond acceptors (Lipinski definition) is 3. The van der Waals surface area contributed by atoms with Gasteiger partial charge in [0.05, 0.1) is 12.4 Å². The van der Waals surface area contributed by atoms with E-state index in [0.717, 1.165) is 37.9 Å². The molecular weight excluding hydrogens is 264 g/mol. The summed E-state index contributed by atoms with van der Waals surface area (Å²) in [6, 6.07) is 7.29. The van der Waals surface area contributed by atoms with Gasteiger partial charge in [-0.2, -0.15) is 0 Å². The van der Waals surface area contributed by atoms with Crippen LogP contribution >= 0.6 is 0 Å². The summed E-state index contributed by atoms with van der Waals surface area (Å²) in [5.74, 6) is 1.19. The zero-order chi connectivity index (χ0) is 15.5. The Hall–Kier alpha value is -2.04. The molecule has 0 aliphatic carbocycles. The zero-order valence-corrected chi connectivity index (χ0v) is 12.5. The number of nitrogen functional groups attached to an aromatic ring is 1. The van der Waals surface area contributed by atoms with Crippen molar-refractivity contribution in [1.29, 1.82) is 10.8 Å². The SMILES string of the molecule is N=C(N)CCCCCCCCOc1ccc(C(=N)N)cc1. The van der Waals surface area contributed by atoms with Gasteiger partial charge in [-0.05, 0) is 37.1 Å². The van der Waals surface area contributed by atoms with E-state index in [2.05, 4.69) is 0 Å². The van der Waals surface area contributed by atoms with Crippen LogP contribution in [-0.2, 0) is 0 Å². The lowest BCUT2D eigenvalue weighted by molar-refractivity contribution is 0.304. The molecule has 0 heterocycles. The van der Waals surface area contributed by atoms with Gasteiger partial charge >= 0.3 is 0 Å². The second-order valence-electron chi connectivity index (χ2n) is 5.18. The second-order valence-corrected chi connectivity index (χ2v) is 5.18. The molecule has 116 valence electrons. The first-order valence-electron chi connectivity index (χ1n) is 7.50. The molecule has 5 heteroatoms. The van der Waals surface area contributed by atoms with Crippen molar-refractivity contribution in [3.63, 3.8) is 0 Å². The van der Waals surface area contributed by atoms with Crippen LogP contribution in [0.2, 0.25) is 0 Å². The van der Waals surface area contributed by atoms with Crippen molar-refractivity contribution in [3.8, 4) is 5.75 Å². The molecule has 1 rings (SSSR count). The number of ether oxygens (including phenoxy) is 1. The molecule has 1 aromatic carbocycles. The van der Waals surface area contributed by atoms with Crippen LogP contribution < -0.4 is 16.2 Å². The summed E-state index contributed by atoms with van der Waals surface area (Å²) in [6.45, 7) is 0.715. The minimum Gasteiger partial charge on any atom is -0.494 e. The Balaban J connectivity index is 2.01. The first-order valence-corrected chi connectivity index (χ1v) is 7.50. The molecule has 21 heavy (non-hydrogen) atoms. The quantitative estimate of drug-likeness (QED) is 0.286. The molecule has 0 bridgehead atoms. The Morgan fingerprint density at radius 3 is 2.00 bits per heavy atom. The molecule has 0 aliphatic heterocycles. The van der Waals surface area contributed by atoms with E-state index in [1.807, 2.05) is 12.1 Å². The van der Waals surface area contributed by atoms with Crippen LogP contribution in [0.3, 0.4) is 0 Å². The fourth-order valence-corrected chi connectivity index (χ4v) is 2.05. The highest BCUT2D eigenvalue weighted by Gasteiger charge is 1.98. The van der Waals surface area contributed by atoms with Crippen molar-refractivity contribution < 1.29 is 4.74 Å². The van der Waals surface area contributed by atoms with Gasteiger partial charge in [-0.15, -0.1) is 0 Å². The monoisotopic (exact) mass is 290 g/mol. The predicted molar refractivity (Wildman–Crippen MR) is 87.2 cm³/mol. The van der Waals surface area contributed by atoms with E-state index in [-0.39, 0.29) is 5.84 Å². The minimum atomic E-state index is 0.0753. The summed E-state index contributed by atoms with van der Waals surface area (Å²) in [7, 11) is 0. The van der Waals surface area contributed by atoms with E-state index in [1.165, 1.54) is 12.8 Å². The Bertz CT molecular complexity index is 442. The van der Waals surface area contributed by atoms with E-state index in [9.17, 15) is 0 Å². The third-order valence-electron chi connectivity index (χ3n) is 3.27. The van der Waals surface area contributed by atoms with Crippen LogP contribution in [-0.4, -0.2) is 18.3 Å². The fraction of sp³-hybridized carbons (Fsp3) is 0.500. The first-order chi connectivity index (χ1) is 10.1. The lowest BCUT2D eigenvalue weighted by atomic mass is 10.1. The zero-order valence-electron chi connectivity index (χ0n) is 12.5. The van der Waals surface area contributed by atoms with Gasteiger partial charge in [0, 0.05) is 12.0 Å². The largest absolute Gasteiger partial charge is 0.494 e. The molecule has 6 N–H and O–H groups in total. The summed E-state index contributed by atoms with van der Waals surface area (Å²) in [5, 5.41) is 14.4. The van der Waals surface area contributed by atoms with Crippen molar-refractivity contribution >= 4 is 11.7 Å². The van der Waals surface area contributed by atoms with Crippen LogP contribution in [0, 0.1) is 10.8 Å². The molecule has 0 unspecified atom stereocenters. The second kappa shape index (κ2) is 9.80. The number of unbranched alkanes of at least 4 members (excludes halogenated alkanes) is 5. The molecule has 0 aliphatic rings. The van der Waals surface area contributed by atoms with Gasteiger partial charge in [-0.25, -0.2) is 0 Å². The van der Waals surface area contributed by atoms with E-state index < -0.39 is 0 Å². The Morgan fingerprint density at radius 2 is 1.43 bits per heavy atom. The molecule has 0 aromatic heterocycles. The number of nitrogens with one attached hydrogen (secondary N) is 2. The van der Waals surface area contributed by atoms with Gasteiger partial charge in [-0.1, -0.05) is 25.7 Å². The molecule has 0 radical (unpaired) electrons. The number of benzene rings is 1. The maximum atomic E-state index is 7.31. The lowest BCUT2D eigenvalue weighted by Crippen LogP contribution is -2.10. The van der Waals surface area contributed by atoms with Crippen molar-refractivity contribution in [2.24, 2.45) is 11.5 Å². The Kier molecular flexibility index (Phi) is 7.94. The first kappa shape index (κ1) is 17.0. The van der Waals surface area contributed by atoms with E-state index in [0.29, 0.717) is 18.0 Å². The Morgan fingerprint density at radius 1 is 0.857 bits per heavy atom. The average molecular weight is 290 g/mol. The van der Waals surface area contributed by atoms with Crippen LogP contribution in [0.5, 0.6) is 5.75 Å². The van der Waals surface area contributed by atoms with Gasteiger partial charge in [-0.3, -0.25) is 10.8 Å². The Labute approximate surface area is 126 Å². The predicted octanol–water partition coefficient (Wildman–Crippen LogP) is 3.02. The smallest absolute Gasteiger partial charge is 0.122 e. The fourth-order valence-electron chi connectivity index (χ4n) is 2.05. The van der Waals surface area contributed by atoms with Gasteiger partial charge in [0.15, 0.2) is 0 Å². The van der Waals surface area contributed by atoms with Crippen LogP contribution in [0.25, 0.3) is 0 Å². The standard InChI is InChI=1S/C16H26N4O/c17-15(18)7-5-3-1-2-4-6-12-21-14-10-8-13(9-11-14)16(19)20/h8-11H,1-7,12H2,(H3,17,18)(H3,19,20). The average Bonchev–Trinajstić information content (AvgIpc) is 2.45. The molecule has 0 fully saturated rings. The molecule has 0 saturated carbocycles. The topological polar surface area (TPSA) is 109 Å². The number of nitrogens with two attached hydrogens (primary N) is 2. The summed E-state index contributed by atoms with van der Waals surface area (Å²) >= 11 is 0. The minimum absolute atomic E-state index is 0.0753. The maximum absolute atomic E-state index is 7.31. The van der Waals surface area contributed by atoms with Crippen LogP contribution in [0.4, 0.5) is 0 Å². The third kappa shape index (κ3) is 7.97. The van der Waals surface area contributed by atoms with Crippen molar-refractivity contribution in [2.45, 2.75) is 44.9 Å². The summed E-state index contributed by atoms with van der Waals surface area (Å²) in [5.41, 5.74) is 11.4. The molecule has 0 spiro atoms. The highest BCUT2D eigenvalue weighted by atomic mass is 16.5. The number of hydrogen-bond donors (Lipinski definition) is 4. The molecule has 1 aromatic rings. The van der Waals surface area contributed by atoms with Gasteiger partial charge in [0.1, 0.15) is 11.6 Å². The molecule has 0 atom stereocenters. The summed E-state index contributed by atoms with van der Waals surface area (Å²) < 4.78 is 5.64. The maximum Gasteiger partial charge on any atom is 0.122 e. The molecule has 0 saturated heterocycles. The number of amidine groups is 2. The molecular formula is C16H26N4O. The summed E-state index contributed by atoms with van der Waals surface area (Å²) in [4.78, 5) is 0. The van der Waals surface area contributed by atoms with Crippen molar-refractivity contribution in [3.05, 3.63) is 29.8 Å². The van der Waals surface area contributed by atoms with E-state index in [4.69, 9.17) is 27.0 Å².